The van der Waals surface area contributed by atoms with Crippen LogP contribution in [-0.4, -0.2) is 10.8 Å². The number of hydrogen-bond donors (Lipinski definition) is 0. The summed E-state index contributed by atoms with van der Waals surface area (Å²) in [7, 11) is 0. The first kappa shape index (κ1) is 6.20. The second kappa shape index (κ2) is 2.13. The van der Waals surface area contributed by atoms with Crippen LogP contribution in [0.2, 0.25) is 0 Å². The Kier molecular flexibility index (Phi) is 1.47. The molecule has 0 aliphatic carbocycles. The third-order valence-corrected chi connectivity index (χ3v) is 1.37. The van der Waals surface area contributed by atoms with Gasteiger partial charge in [0.15, 0.2) is 0 Å². The smallest absolute Gasteiger partial charge is 0.0505 e. The molecule has 48 valence electrons. The summed E-state index contributed by atoms with van der Waals surface area (Å²) in [6, 6.07) is 0.00806. The lowest BCUT2D eigenvalue weighted by molar-refractivity contribution is -0.506. The molecule has 1 aliphatic rings. The molecular weight excluding hydrogens is 114 g/mol. The molecule has 0 aromatic rings. The molecule has 1 atom stereocenters. The monoisotopic (exact) mass is 124 g/mol. The van der Waals surface area contributed by atoms with Crippen molar-refractivity contribution in [3.05, 3.63) is 28.8 Å². The van der Waals surface area contributed by atoms with Crippen molar-refractivity contribution >= 4 is 0 Å². The van der Waals surface area contributed by atoms with Gasteiger partial charge in [-0.2, -0.15) is 0 Å². The van der Waals surface area contributed by atoms with Crippen LogP contribution in [-0.2, 0) is 0 Å². The van der Waals surface area contributed by atoms with E-state index in [-0.39, 0.29) is 6.04 Å². The normalized spacial score (nSPS) is 26.2. The minimum atomic E-state index is 0.00806. The number of allylic oxidation sites excluding steroid dienone is 2. The first-order valence-electron chi connectivity index (χ1n) is 3.02. The van der Waals surface area contributed by atoms with E-state index < -0.39 is 0 Å². The van der Waals surface area contributed by atoms with Crippen molar-refractivity contribution < 1.29 is 4.76 Å². The van der Waals surface area contributed by atoms with Gasteiger partial charge in [-0.05, 0) is 13.0 Å². The van der Waals surface area contributed by atoms with Gasteiger partial charge in [-0.3, -0.25) is 0 Å². The Bertz CT molecular complexity index is 191. The average molecular weight is 124 g/mol. The summed E-state index contributed by atoms with van der Waals surface area (Å²) < 4.78 is 0.954. The minimum Gasteiger partial charge on any atom is -0.0505 e. The van der Waals surface area contributed by atoms with Gasteiger partial charge in [0.1, 0.15) is 0 Å². The quantitative estimate of drug-likeness (QED) is 0.449. The highest BCUT2D eigenvalue weighted by atomic mass is 16.3. The van der Waals surface area contributed by atoms with Crippen LogP contribution in [0.1, 0.15) is 13.8 Å². The lowest BCUT2D eigenvalue weighted by Crippen LogP contribution is -2.15. The van der Waals surface area contributed by atoms with E-state index in [9.17, 15) is 4.91 Å². The Morgan fingerprint density at radius 1 is 1.67 bits per heavy atom. The van der Waals surface area contributed by atoms with Crippen LogP contribution < -0.4 is 0 Å². The summed E-state index contributed by atoms with van der Waals surface area (Å²) in [5.74, 6) is 0. The predicted molar refractivity (Wildman–Crippen MR) is 36.0 cm³/mol. The Hall–Kier alpha value is -0.920. The summed E-state index contributed by atoms with van der Waals surface area (Å²) in [6.45, 7) is 3.78. The molecule has 1 aliphatic heterocycles. The summed E-state index contributed by atoms with van der Waals surface area (Å²) in [5.41, 5.74) is 1.02. The molecule has 0 bridgehead atoms. The molecule has 1 unspecified atom stereocenters. The fraction of sp³-hybridized carbons (Fsp3) is 0.429. The molecule has 1 heterocycles. The lowest BCUT2D eigenvalue weighted by atomic mass is 10.2. The van der Waals surface area contributed by atoms with Gasteiger partial charge in [-0.1, -0.05) is 6.08 Å². The van der Waals surface area contributed by atoms with Crippen molar-refractivity contribution in [2.75, 3.05) is 0 Å². The highest BCUT2D eigenvalue weighted by Gasteiger charge is 2.16. The van der Waals surface area contributed by atoms with Crippen molar-refractivity contribution in [1.29, 1.82) is 0 Å². The highest BCUT2D eigenvalue weighted by Crippen LogP contribution is 2.06. The topological polar surface area (TPSA) is 20.1 Å². The standard InChI is InChI=1S/C7H10NO/c1-6-3-4-7(2)8(9)5-6/h3-5,7H,1-2H3/q+1. The molecule has 9 heavy (non-hydrogen) atoms. The molecular formula is C7H10NO+. The van der Waals surface area contributed by atoms with E-state index in [1.165, 1.54) is 0 Å². The Labute approximate surface area is 54.4 Å². The fourth-order valence-electron chi connectivity index (χ4n) is 0.737. The van der Waals surface area contributed by atoms with Gasteiger partial charge in [0.05, 0.1) is 0 Å². The molecule has 0 aromatic carbocycles. The summed E-state index contributed by atoms with van der Waals surface area (Å²) in [6.07, 6.45) is 5.45. The zero-order chi connectivity index (χ0) is 6.85. The summed E-state index contributed by atoms with van der Waals surface area (Å²) in [4.78, 5) is 10.8. The molecule has 1 rings (SSSR count). The Balaban J connectivity index is 2.82. The molecule has 0 saturated heterocycles. The molecule has 2 heteroatoms. The third kappa shape index (κ3) is 1.25. The van der Waals surface area contributed by atoms with Gasteiger partial charge in [0.2, 0.25) is 12.2 Å². The zero-order valence-corrected chi connectivity index (χ0v) is 5.66. The van der Waals surface area contributed by atoms with E-state index in [1.807, 2.05) is 26.0 Å². The summed E-state index contributed by atoms with van der Waals surface area (Å²) >= 11 is 0. The van der Waals surface area contributed by atoms with Crippen molar-refractivity contribution in [3.63, 3.8) is 0 Å². The maximum Gasteiger partial charge on any atom is 0.224 e. The molecule has 0 saturated carbocycles. The van der Waals surface area contributed by atoms with Crippen molar-refractivity contribution in [3.8, 4) is 0 Å². The molecule has 0 N–H and O–H groups in total. The number of rotatable bonds is 0. The third-order valence-electron chi connectivity index (χ3n) is 1.37. The van der Waals surface area contributed by atoms with E-state index in [0.717, 1.165) is 10.3 Å². The van der Waals surface area contributed by atoms with Gasteiger partial charge in [-0.15, -0.1) is 0 Å². The fourth-order valence-corrected chi connectivity index (χ4v) is 0.737. The van der Waals surface area contributed by atoms with E-state index >= 15 is 0 Å². The van der Waals surface area contributed by atoms with Crippen LogP contribution in [0, 0.1) is 4.91 Å². The van der Waals surface area contributed by atoms with Gasteiger partial charge in [0.25, 0.3) is 0 Å². The molecule has 0 spiro atoms. The molecule has 0 amide bonds. The maximum absolute atomic E-state index is 10.8. The van der Waals surface area contributed by atoms with Crippen molar-refractivity contribution in [1.82, 2.24) is 0 Å². The van der Waals surface area contributed by atoms with E-state index in [1.54, 1.807) is 6.20 Å². The number of nitrogens with zero attached hydrogens (tertiary/aromatic N) is 1. The second-order valence-corrected chi connectivity index (χ2v) is 2.33. The molecule has 0 radical (unpaired) electrons. The SMILES string of the molecule is CC1=C[N+](=O)C(C)C=C1. The molecule has 2 nitrogen and oxygen atoms in total. The van der Waals surface area contributed by atoms with Gasteiger partial charge < -0.3 is 0 Å². The second-order valence-electron chi connectivity index (χ2n) is 2.33. The van der Waals surface area contributed by atoms with E-state index in [4.69, 9.17) is 0 Å². The van der Waals surface area contributed by atoms with Gasteiger partial charge in [-0.25, -0.2) is 0 Å². The Morgan fingerprint density at radius 2 is 2.33 bits per heavy atom. The lowest BCUT2D eigenvalue weighted by Gasteiger charge is -1.98. The largest absolute Gasteiger partial charge is 0.224 e. The molecule has 0 aromatic heterocycles. The van der Waals surface area contributed by atoms with Crippen LogP contribution in [0.15, 0.2) is 23.9 Å². The average Bonchev–Trinajstić information content (AvgIpc) is 1.80. The van der Waals surface area contributed by atoms with E-state index in [0.29, 0.717) is 0 Å². The van der Waals surface area contributed by atoms with Crippen LogP contribution in [0.4, 0.5) is 0 Å². The van der Waals surface area contributed by atoms with Crippen LogP contribution in [0.3, 0.4) is 0 Å². The summed E-state index contributed by atoms with van der Waals surface area (Å²) in [5, 5.41) is 0. The number of nitroso groups, excluding NO2 is 1. The Morgan fingerprint density at radius 3 is 2.78 bits per heavy atom. The first-order valence-corrected chi connectivity index (χ1v) is 3.02. The zero-order valence-electron chi connectivity index (χ0n) is 5.66. The van der Waals surface area contributed by atoms with Crippen LogP contribution in [0.5, 0.6) is 0 Å². The predicted octanol–water partition coefficient (Wildman–Crippen LogP) is 1.63. The van der Waals surface area contributed by atoms with Crippen molar-refractivity contribution in [2.24, 2.45) is 0 Å². The van der Waals surface area contributed by atoms with Gasteiger partial charge >= 0.3 is 0 Å². The number of hydrogen-bond acceptors (Lipinski definition) is 1. The maximum atomic E-state index is 10.8. The molecule has 0 fully saturated rings. The van der Waals surface area contributed by atoms with Crippen LogP contribution >= 0.6 is 0 Å². The minimum absolute atomic E-state index is 0.00806. The van der Waals surface area contributed by atoms with E-state index in [2.05, 4.69) is 0 Å². The highest BCUT2D eigenvalue weighted by molar-refractivity contribution is 5.16. The van der Waals surface area contributed by atoms with Crippen LogP contribution in [0.25, 0.3) is 0 Å². The van der Waals surface area contributed by atoms with Crippen molar-refractivity contribution in [2.45, 2.75) is 19.9 Å². The van der Waals surface area contributed by atoms with Gasteiger partial charge in [0, 0.05) is 22.2 Å². The first-order chi connectivity index (χ1) is 4.20.